The van der Waals surface area contributed by atoms with Crippen molar-refractivity contribution < 1.29 is 14.3 Å². The lowest BCUT2D eigenvalue weighted by molar-refractivity contribution is -0.0688. The summed E-state index contributed by atoms with van der Waals surface area (Å²) in [5.74, 6) is 4.52. The maximum absolute atomic E-state index is 13.2. The molecule has 4 aliphatic rings. The second-order valence-electron chi connectivity index (χ2n) is 10.7. The van der Waals surface area contributed by atoms with Crippen LogP contribution < -0.4 is 14.8 Å². The summed E-state index contributed by atoms with van der Waals surface area (Å²) in [5, 5.41) is 3.37. The third-order valence-corrected chi connectivity index (χ3v) is 8.45. The summed E-state index contributed by atoms with van der Waals surface area (Å²) < 4.78 is 12.6. The minimum absolute atomic E-state index is 0.0152. The number of rotatable bonds is 9. The Kier molecular flexibility index (Phi) is 6.90. The molecule has 31 heavy (non-hydrogen) atoms. The van der Waals surface area contributed by atoms with Crippen LogP contribution in [0.1, 0.15) is 83.0 Å². The fourth-order valence-electron chi connectivity index (χ4n) is 6.64. The van der Waals surface area contributed by atoms with Gasteiger partial charge in [0.25, 0.3) is 5.91 Å². The van der Waals surface area contributed by atoms with Gasteiger partial charge in [0.2, 0.25) is 0 Å². The molecule has 4 fully saturated rings. The van der Waals surface area contributed by atoms with Crippen molar-refractivity contribution in [1.29, 1.82) is 0 Å². The van der Waals surface area contributed by atoms with Crippen LogP contribution in [0, 0.1) is 29.1 Å². The van der Waals surface area contributed by atoms with Gasteiger partial charge in [-0.05, 0) is 116 Å². The van der Waals surface area contributed by atoms with Gasteiger partial charge in [-0.2, -0.15) is 0 Å². The zero-order chi connectivity index (χ0) is 22.2. The molecule has 5 rings (SSSR count). The van der Waals surface area contributed by atoms with Gasteiger partial charge in [-0.15, -0.1) is 0 Å². The Hall–Kier alpha value is -1.23. The Bertz CT molecular complexity index is 771. The molecule has 5 heteroatoms. The molecule has 1 aromatic carbocycles. The zero-order valence-corrected chi connectivity index (χ0v) is 21.1. The molecule has 1 amide bonds. The minimum atomic E-state index is -0.0152. The van der Waals surface area contributed by atoms with Crippen molar-refractivity contribution in [1.82, 2.24) is 5.32 Å². The summed E-state index contributed by atoms with van der Waals surface area (Å²) in [4.78, 5) is 13.2. The molecule has 4 nitrogen and oxygen atoms in total. The highest BCUT2D eigenvalue weighted by atomic mass is 79.9. The minimum Gasteiger partial charge on any atom is -0.490 e. The third kappa shape index (κ3) is 4.91. The summed E-state index contributed by atoms with van der Waals surface area (Å²) in [6.07, 6.45) is 9.10. The van der Waals surface area contributed by atoms with Gasteiger partial charge in [-0.25, -0.2) is 0 Å². The van der Waals surface area contributed by atoms with E-state index in [1.807, 2.05) is 19.1 Å². The van der Waals surface area contributed by atoms with Crippen molar-refractivity contribution >= 4 is 21.8 Å². The highest BCUT2D eigenvalue weighted by molar-refractivity contribution is 9.10. The maximum Gasteiger partial charge on any atom is 0.251 e. The summed E-state index contributed by atoms with van der Waals surface area (Å²) in [7, 11) is 0. The van der Waals surface area contributed by atoms with Crippen molar-refractivity contribution in [3.63, 3.8) is 0 Å². The zero-order valence-electron chi connectivity index (χ0n) is 19.5. The highest BCUT2D eigenvalue weighted by Crippen LogP contribution is 2.61. The van der Waals surface area contributed by atoms with Crippen molar-refractivity contribution in [3.8, 4) is 11.5 Å². The van der Waals surface area contributed by atoms with Crippen molar-refractivity contribution in [2.75, 3.05) is 13.2 Å². The monoisotopic (exact) mass is 491 g/mol. The lowest BCUT2D eigenvalue weighted by atomic mass is 9.48. The Morgan fingerprint density at radius 1 is 1.10 bits per heavy atom. The third-order valence-electron chi connectivity index (χ3n) is 7.86. The van der Waals surface area contributed by atoms with Gasteiger partial charge in [-0.1, -0.05) is 13.8 Å². The molecule has 0 radical (unpaired) electrons. The SMILES string of the molecule is CCOc1cc(C(=O)N[C@H](C)C23CC4CC(CC(C4)C2)C3)cc(Br)c1OCCC(C)C. The van der Waals surface area contributed by atoms with Crippen LogP contribution in [-0.2, 0) is 0 Å². The van der Waals surface area contributed by atoms with Crippen molar-refractivity contribution in [2.45, 2.75) is 78.7 Å². The maximum atomic E-state index is 13.2. The fourth-order valence-corrected chi connectivity index (χ4v) is 7.20. The van der Waals surface area contributed by atoms with E-state index >= 15 is 0 Å². The van der Waals surface area contributed by atoms with Crippen LogP contribution >= 0.6 is 15.9 Å². The molecule has 0 saturated heterocycles. The number of benzene rings is 1. The number of carbonyl (C=O) groups is 1. The van der Waals surface area contributed by atoms with Gasteiger partial charge >= 0.3 is 0 Å². The first-order valence-corrected chi connectivity index (χ1v) is 13.0. The molecule has 4 saturated carbocycles. The Labute approximate surface area is 196 Å². The lowest BCUT2D eigenvalue weighted by Gasteiger charge is -2.59. The lowest BCUT2D eigenvalue weighted by Crippen LogP contribution is -2.55. The van der Waals surface area contributed by atoms with E-state index in [1.54, 1.807) is 0 Å². The number of ether oxygens (including phenoxy) is 2. The average Bonchev–Trinajstić information content (AvgIpc) is 2.68. The van der Waals surface area contributed by atoms with Crippen molar-refractivity contribution in [2.24, 2.45) is 29.1 Å². The normalized spacial score (nSPS) is 29.8. The Balaban J connectivity index is 1.47. The summed E-state index contributed by atoms with van der Waals surface area (Å²) in [6.45, 7) is 9.70. The van der Waals surface area contributed by atoms with E-state index in [-0.39, 0.29) is 11.9 Å². The second-order valence-corrected chi connectivity index (χ2v) is 11.6. The van der Waals surface area contributed by atoms with Gasteiger partial charge < -0.3 is 14.8 Å². The molecule has 0 unspecified atom stereocenters. The molecule has 1 N–H and O–H groups in total. The van der Waals surface area contributed by atoms with E-state index in [2.05, 4.69) is 42.0 Å². The van der Waals surface area contributed by atoms with Crippen LogP contribution in [0.15, 0.2) is 16.6 Å². The number of hydrogen-bond donors (Lipinski definition) is 1. The first-order valence-electron chi connectivity index (χ1n) is 12.2. The molecule has 4 aliphatic carbocycles. The van der Waals surface area contributed by atoms with Gasteiger partial charge in [0.05, 0.1) is 17.7 Å². The molecular weight excluding hydrogens is 454 g/mol. The Morgan fingerprint density at radius 2 is 1.71 bits per heavy atom. The van der Waals surface area contributed by atoms with Crippen LogP contribution in [-0.4, -0.2) is 25.2 Å². The van der Waals surface area contributed by atoms with Gasteiger partial charge in [0.15, 0.2) is 11.5 Å². The molecule has 1 aromatic rings. The van der Waals surface area contributed by atoms with Crippen LogP contribution in [0.3, 0.4) is 0 Å². The smallest absolute Gasteiger partial charge is 0.251 e. The molecule has 0 aromatic heterocycles. The van der Waals surface area contributed by atoms with Crippen LogP contribution in [0.2, 0.25) is 0 Å². The first kappa shape index (κ1) is 22.9. The van der Waals surface area contributed by atoms with E-state index < -0.39 is 0 Å². The van der Waals surface area contributed by atoms with E-state index in [0.29, 0.717) is 41.6 Å². The van der Waals surface area contributed by atoms with Crippen molar-refractivity contribution in [3.05, 3.63) is 22.2 Å². The van der Waals surface area contributed by atoms with Gasteiger partial charge in [-0.3, -0.25) is 4.79 Å². The fraction of sp³-hybridized carbons (Fsp3) is 0.731. The predicted molar refractivity (Wildman–Crippen MR) is 128 cm³/mol. The molecule has 172 valence electrons. The standard InChI is InChI=1S/C26H38BrNO3/c1-5-30-23-12-21(11-22(27)24(23)31-7-6-16(2)3)25(29)28-17(4)26-13-18-8-19(14-26)10-20(9-18)15-26/h11-12,16-20H,5-10,13-15H2,1-4H3,(H,28,29)/t17-,18?,19?,20?,26?/m1/s1. The molecule has 4 bridgehead atoms. The summed E-state index contributed by atoms with van der Waals surface area (Å²) in [5.41, 5.74) is 0.924. The number of hydrogen-bond acceptors (Lipinski definition) is 3. The number of nitrogens with one attached hydrogen (secondary N) is 1. The molecule has 1 atom stereocenters. The van der Waals surface area contributed by atoms with E-state index in [1.165, 1.54) is 38.5 Å². The van der Waals surface area contributed by atoms with Gasteiger partial charge in [0.1, 0.15) is 0 Å². The highest BCUT2D eigenvalue weighted by Gasteiger charge is 2.53. The number of halogens is 1. The first-order chi connectivity index (χ1) is 14.8. The number of amides is 1. The van der Waals surface area contributed by atoms with E-state index in [4.69, 9.17) is 9.47 Å². The largest absolute Gasteiger partial charge is 0.490 e. The summed E-state index contributed by atoms with van der Waals surface area (Å²) in [6, 6.07) is 3.90. The predicted octanol–water partition coefficient (Wildman–Crippen LogP) is 6.61. The van der Waals surface area contributed by atoms with E-state index in [9.17, 15) is 4.79 Å². The van der Waals surface area contributed by atoms with Crippen LogP contribution in [0.25, 0.3) is 0 Å². The van der Waals surface area contributed by atoms with Gasteiger partial charge in [0, 0.05) is 11.6 Å². The molecule has 0 spiro atoms. The Morgan fingerprint density at radius 3 is 2.26 bits per heavy atom. The summed E-state index contributed by atoms with van der Waals surface area (Å²) >= 11 is 3.62. The average molecular weight is 492 g/mol. The van der Waals surface area contributed by atoms with Crippen LogP contribution in [0.5, 0.6) is 11.5 Å². The van der Waals surface area contributed by atoms with Crippen LogP contribution in [0.4, 0.5) is 0 Å². The molecule has 0 heterocycles. The number of carbonyl (C=O) groups excluding carboxylic acids is 1. The quantitative estimate of drug-likeness (QED) is 0.422. The van der Waals surface area contributed by atoms with E-state index in [0.717, 1.165) is 28.6 Å². The topological polar surface area (TPSA) is 47.6 Å². The molecular formula is C26H38BrNO3. The molecule has 0 aliphatic heterocycles. The second kappa shape index (κ2) is 9.33.